The molecule has 0 amide bonds. The van der Waals surface area contributed by atoms with Crippen molar-refractivity contribution < 1.29 is 5.11 Å². The molecule has 1 unspecified atom stereocenters. The van der Waals surface area contributed by atoms with Crippen LogP contribution in [-0.2, 0) is 6.54 Å². The number of hydrogen-bond donors (Lipinski definition) is 2. The number of pyridine rings is 1. The molecule has 0 aromatic carbocycles. The van der Waals surface area contributed by atoms with Crippen molar-refractivity contribution in [1.82, 2.24) is 10.3 Å². The molecule has 1 aliphatic rings. The first-order valence-electron chi connectivity index (χ1n) is 5.74. The van der Waals surface area contributed by atoms with Crippen molar-refractivity contribution in [3.8, 4) is 0 Å². The van der Waals surface area contributed by atoms with E-state index >= 15 is 0 Å². The van der Waals surface area contributed by atoms with Gasteiger partial charge in [0.2, 0.25) is 0 Å². The molecule has 0 radical (unpaired) electrons. The SMILES string of the molecule is CC(CO)Sc1ncccc1CNC1CC1. The summed E-state index contributed by atoms with van der Waals surface area (Å²) in [4.78, 5) is 4.38. The van der Waals surface area contributed by atoms with E-state index in [0.29, 0.717) is 6.04 Å². The quantitative estimate of drug-likeness (QED) is 0.742. The minimum atomic E-state index is 0.191. The van der Waals surface area contributed by atoms with Gasteiger partial charge >= 0.3 is 0 Å². The Labute approximate surface area is 101 Å². The second-order valence-corrected chi connectivity index (χ2v) is 5.66. The van der Waals surface area contributed by atoms with Crippen LogP contribution in [0.3, 0.4) is 0 Å². The number of thioether (sulfide) groups is 1. The summed E-state index contributed by atoms with van der Waals surface area (Å²) in [6.07, 6.45) is 4.42. The van der Waals surface area contributed by atoms with Crippen LogP contribution in [0.2, 0.25) is 0 Å². The molecule has 2 N–H and O–H groups in total. The number of aliphatic hydroxyl groups excluding tert-OH is 1. The van der Waals surface area contributed by atoms with Crippen LogP contribution in [0.15, 0.2) is 23.4 Å². The molecule has 3 nitrogen and oxygen atoms in total. The van der Waals surface area contributed by atoms with Crippen LogP contribution in [-0.4, -0.2) is 28.0 Å². The molecule has 1 atom stereocenters. The van der Waals surface area contributed by atoms with Gasteiger partial charge in [-0.1, -0.05) is 13.0 Å². The Morgan fingerprint density at radius 2 is 2.44 bits per heavy atom. The summed E-state index contributed by atoms with van der Waals surface area (Å²) >= 11 is 1.64. The van der Waals surface area contributed by atoms with Gasteiger partial charge in [0.15, 0.2) is 0 Å². The summed E-state index contributed by atoms with van der Waals surface area (Å²) in [7, 11) is 0. The number of aromatic nitrogens is 1. The monoisotopic (exact) mass is 238 g/mol. The molecule has 1 heterocycles. The van der Waals surface area contributed by atoms with Gasteiger partial charge in [-0.2, -0.15) is 0 Å². The predicted octanol–water partition coefficient (Wildman–Crippen LogP) is 1.81. The highest BCUT2D eigenvalue weighted by Crippen LogP contribution is 2.25. The molecule has 2 rings (SSSR count). The highest BCUT2D eigenvalue weighted by Gasteiger charge is 2.20. The van der Waals surface area contributed by atoms with Crippen molar-refractivity contribution in [2.45, 2.75) is 42.6 Å². The van der Waals surface area contributed by atoms with Gasteiger partial charge in [0.05, 0.1) is 6.61 Å². The lowest BCUT2D eigenvalue weighted by Gasteiger charge is -2.11. The molecule has 0 bridgehead atoms. The lowest BCUT2D eigenvalue weighted by atomic mass is 10.3. The summed E-state index contributed by atoms with van der Waals surface area (Å²) < 4.78 is 0. The standard InChI is InChI=1S/C12H18N2OS/c1-9(8-15)16-12-10(3-2-6-13-12)7-14-11-4-5-11/h2-3,6,9,11,14-15H,4-5,7-8H2,1H3. The molecule has 1 aromatic rings. The molecule has 1 aromatic heterocycles. The Bertz CT molecular complexity index is 342. The van der Waals surface area contributed by atoms with Crippen LogP contribution in [0, 0.1) is 0 Å². The van der Waals surface area contributed by atoms with E-state index in [1.165, 1.54) is 18.4 Å². The maximum atomic E-state index is 9.05. The van der Waals surface area contributed by atoms with E-state index in [1.54, 1.807) is 11.8 Å². The minimum absolute atomic E-state index is 0.191. The number of nitrogens with one attached hydrogen (secondary N) is 1. The molecule has 1 fully saturated rings. The largest absolute Gasteiger partial charge is 0.395 e. The Morgan fingerprint density at radius 1 is 1.62 bits per heavy atom. The van der Waals surface area contributed by atoms with Gasteiger partial charge in [0.1, 0.15) is 5.03 Å². The van der Waals surface area contributed by atoms with Gasteiger partial charge in [-0.3, -0.25) is 0 Å². The number of aliphatic hydroxyl groups is 1. The van der Waals surface area contributed by atoms with Gasteiger partial charge in [0, 0.05) is 24.0 Å². The maximum Gasteiger partial charge on any atom is 0.101 e. The first-order chi connectivity index (χ1) is 7.79. The summed E-state index contributed by atoms with van der Waals surface area (Å²) in [6, 6.07) is 4.79. The second-order valence-electron chi connectivity index (χ2n) is 4.23. The summed E-state index contributed by atoms with van der Waals surface area (Å²) in [5.41, 5.74) is 1.24. The average Bonchev–Trinajstić information content (AvgIpc) is 3.11. The normalized spacial score (nSPS) is 17.4. The van der Waals surface area contributed by atoms with E-state index in [0.717, 1.165) is 11.6 Å². The lowest BCUT2D eigenvalue weighted by molar-refractivity contribution is 0.300. The van der Waals surface area contributed by atoms with Crippen LogP contribution in [0.5, 0.6) is 0 Å². The van der Waals surface area contributed by atoms with Crippen molar-refractivity contribution in [1.29, 1.82) is 0 Å². The molecule has 4 heteroatoms. The van der Waals surface area contributed by atoms with Crippen LogP contribution in [0.4, 0.5) is 0 Å². The fraction of sp³-hybridized carbons (Fsp3) is 0.583. The van der Waals surface area contributed by atoms with Gasteiger partial charge in [-0.05, 0) is 24.5 Å². The molecule has 0 aliphatic heterocycles. The topological polar surface area (TPSA) is 45.2 Å². The zero-order valence-electron chi connectivity index (χ0n) is 9.52. The highest BCUT2D eigenvalue weighted by molar-refractivity contribution is 7.99. The Balaban J connectivity index is 1.97. The van der Waals surface area contributed by atoms with E-state index in [4.69, 9.17) is 5.11 Å². The van der Waals surface area contributed by atoms with Crippen LogP contribution >= 0.6 is 11.8 Å². The third kappa shape index (κ3) is 3.47. The number of hydrogen-bond acceptors (Lipinski definition) is 4. The summed E-state index contributed by atoms with van der Waals surface area (Å²) in [6.45, 7) is 3.09. The van der Waals surface area contributed by atoms with Crippen molar-refractivity contribution in [3.63, 3.8) is 0 Å². The zero-order valence-corrected chi connectivity index (χ0v) is 10.3. The van der Waals surface area contributed by atoms with E-state index < -0.39 is 0 Å². The van der Waals surface area contributed by atoms with Crippen molar-refractivity contribution in [3.05, 3.63) is 23.9 Å². The smallest absolute Gasteiger partial charge is 0.101 e. The van der Waals surface area contributed by atoms with E-state index in [9.17, 15) is 0 Å². The van der Waals surface area contributed by atoms with Crippen LogP contribution in [0.1, 0.15) is 25.3 Å². The van der Waals surface area contributed by atoms with E-state index in [2.05, 4.69) is 16.4 Å². The van der Waals surface area contributed by atoms with E-state index in [-0.39, 0.29) is 11.9 Å². The Morgan fingerprint density at radius 3 is 3.12 bits per heavy atom. The molecular formula is C12H18N2OS. The fourth-order valence-electron chi connectivity index (χ4n) is 1.43. The van der Waals surface area contributed by atoms with Crippen LogP contribution in [0.25, 0.3) is 0 Å². The Hall–Kier alpha value is -0.580. The van der Waals surface area contributed by atoms with Gasteiger partial charge in [-0.25, -0.2) is 4.98 Å². The first-order valence-corrected chi connectivity index (χ1v) is 6.62. The molecule has 0 saturated heterocycles. The van der Waals surface area contributed by atoms with Crippen molar-refractivity contribution in [2.24, 2.45) is 0 Å². The fourth-order valence-corrected chi connectivity index (χ4v) is 2.30. The molecular weight excluding hydrogens is 220 g/mol. The molecule has 88 valence electrons. The first kappa shape index (κ1) is 11.9. The second kappa shape index (κ2) is 5.66. The zero-order chi connectivity index (χ0) is 11.4. The molecule has 1 saturated carbocycles. The minimum Gasteiger partial charge on any atom is -0.395 e. The molecule has 16 heavy (non-hydrogen) atoms. The summed E-state index contributed by atoms with van der Waals surface area (Å²) in [5, 5.41) is 13.8. The Kier molecular flexibility index (Phi) is 4.21. The van der Waals surface area contributed by atoms with E-state index in [1.807, 2.05) is 19.2 Å². The number of rotatable bonds is 6. The van der Waals surface area contributed by atoms with Crippen molar-refractivity contribution in [2.75, 3.05) is 6.61 Å². The maximum absolute atomic E-state index is 9.05. The predicted molar refractivity (Wildman–Crippen MR) is 66.5 cm³/mol. The van der Waals surface area contributed by atoms with Gasteiger partial charge < -0.3 is 10.4 Å². The van der Waals surface area contributed by atoms with Crippen molar-refractivity contribution >= 4 is 11.8 Å². The summed E-state index contributed by atoms with van der Waals surface area (Å²) in [5.74, 6) is 0. The third-order valence-corrected chi connectivity index (χ3v) is 3.72. The van der Waals surface area contributed by atoms with Gasteiger partial charge in [0.25, 0.3) is 0 Å². The third-order valence-electron chi connectivity index (χ3n) is 2.58. The highest BCUT2D eigenvalue weighted by atomic mass is 32.2. The number of nitrogens with zero attached hydrogens (tertiary/aromatic N) is 1. The molecule has 0 spiro atoms. The van der Waals surface area contributed by atoms with Gasteiger partial charge in [-0.15, -0.1) is 11.8 Å². The lowest BCUT2D eigenvalue weighted by Crippen LogP contribution is -2.16. The van der Waals surface area contributed by atoms with Crippen LogP contribution < -0.4 is 5.32 Å². The average molecular weight is 238 g/mol. The molecule has 1 aliphatic carbocycles.